The smallest absolute Gasteiger partial charge is 0.394 e. The number of aryl methyl sites for hydroxylation is 1. The van der Waals surface area contributed by atoms with Crippen molar-refractivity contribution in [3.8, 4) is 0 Å². The van der Waals surface area contributed by atoms with Gasteiger partial charge in [-0.1, -0.05) is 0 Å². The zero-order chi connectivity index (χ0) is 21.6. The Morgan fingerprint density at radius 2 is 2.00 bits per heavy atom. The number of aromatic nitrogens is 4. The number of alkyl halides is 3. The van der Waals surface area contributed by atoms with Gasteiger partial charge in [0.25, 0.3) is 0 Å². The van der Waals surface area contributed by atoms with Crippen LogP contribution in [0.5, 0.6) is 0 Å². The molecule has 1 amide bonds. The van der Waals surface area contributed by atoms with E-state index in [1.54, 1.807) is 18.9 Å². The lowest BCUT2D eigenvalue weighted by molar-refractivity contribution is -0.144. The average Bonchev–Trinajstić information content (AvgIpc) is 3.10. The molecule has 1 atom stereocenters. The summed E-state index contributed by atoms with van der Waals surface area (Å²) in [4.78, 5) is 22.8. The Labute approximate surface area is 171 Å². The number of anilines is 2. The topological polar surface area (TPSA) is 96.2 Å². The van der Waals surface area contributed by atoms with Crippen LogP contribution in [0.15, 0.2) is 12.3 Å². The highest BCUT2D eigenvalue weighted by Crippen LogP contribution is 2.39. The van der Waals surface area contributed by atoms with Gasteiger partial charge in [0.2, 0.25) is 5.91 Å². The third-order valence-corrected chi connectivity index (χ3v) is 5.89. The van der Waals surface area contributed by atoms with Crippen LogP contribution in [0.2, 0.25) is 0 Å². The maximum absolute atomic E-state index is 13.0. The molecule has 0 aromatic carbocycles. The molecule has 2 aliphatic rings. The fourth-order valence-electron chi connectivity index (χ4n) is 4.25. The summed E-state index contributed by atoms with van der Waals surface area (Å²) in [6.45, 7) is 1.71. The Morgan fingerprint density at radius 3 is 2.67 bits per heavy atom. The van der Waals surface area contributed by atoms with Gasteiger partial charge in [0.15, 0.2) is 5.82 Å². The van der Waals surface area contributed by atoms with E-state index in [4.69, 9.17) is 0 Å². The highest BCUT2D eigenvalue weighted by Gasteiger charge is 2.38. The zero-order valence-electron chi connectivity index (χ0n) is 16.6. The molecule has 0 saturated heterocycles. The molecule has 30 heavy (non-hydrogen) atoms. The maximum atomic E-state index is 13.0. The Hall–Kier alpha value is -2.69. The summed E-state index contributed by atoms with van der Waals surface area (Å²) in [6.07, 6.45) is -1.05. The Balaban J connectivity index is 1.40. The summed E-state index contributed by atoms with van der Waals surface area (Å²) < 4.78 is 40.0. The van der Waals surface area contributed by atoms with Crippen molar-refractivity contribution in [1.29, 1.82) is 0 Å². The van der Waals surface area contributed by atoms with Crippen LogP contribution in [-0.4, -0.2) is 50.5 Å². The number of hydrogen-bond donors (Lipinski definition) is 2. The minimum Gasteiger partial charge on any atom is -0.394 e. The second-order valence-electron chi connectivity index (χ2n) is 8.03. The number of fused-ring (bicyclic) bond motifs is 1. The van der Waals surface area contributed by atoms with Crippen LogP contribution < -0.4 is 10.2 Å². The number of hydrogen-bond acceptors (Lipinski definition) is 6. The monoisotopic (exact) mass is 424 g/mol. The highest BCUT2D eigenvalue weighted by molar-refractivity contribution is 6.03. The highest BCUT2D eigenvalue weighted by atomic mass is 19.4. The van der Waals surface area contributed by atoms with Gasteiger partial charge in [-0.15, -0.1) is 0 Å². The summed E-state index contributed by atoms with van der Waals surface area (Å²) in [6, 6.07) is 0.291. The van der Waals surface area contributed by atoms with Crippen molar-refractivity contribution in [1.82, 2.24) is 19.7 Å². The van der Waals surface area contributed by atoms with Gasteiger partial charge in [0, 0.05) is 26.2 Å². The normalized spacial score (nSPS) is 23.7. The first-order valence-electron chi connectivity index (χ1n) is 9.78. The van der Waals surface area contributed by atoms with Crippen LogP contribution in [0.1, 0.15) is 30.1 Å². The molecule has 0 radical (unpaired) electrons. The number of nitrogens with zero attached hydrogens (tertiary/aromatic N) is 5. The van der Waals surface area contributed by atoms with Crippen molar-refractivity contribution in [2.45, 2.75) is 44.9 Å². The molecular formula is C19H23F3N6O2. The van der Waals surface area contributed by atoms with E-state index in [0.29, 0.717) is 29.4 Å². The number of aliphatic hydroxyl groups excluding tert-OH is 1. The lowest BCUT2D eigenvalue weighted by atomic mass is 9.73. The maximum Gasteiger partial charge on any atom is 0.433 e. The van der Waals surface area contributed by atoms with Crippen LogP contribution in [0.3, 0.4) is 0 Å². The van der Waals surface area contributed by atoms with Crippen molar-refractivity contribution < 1.29 is 23.1 Å². The number of amides is 1. The molecule has 2 aromatic heterocycles. The molecule has 1 aliphatic heterocycles. The second kappa shape index (κ2) is 7.53. The van der Waals surface area contributed by atoms with Gasteiger partial charge in [-0.25, -0.2) is 9.97 Å². The van der Waals surface area contributed by atoms with E-state index >= 15 is 0 Å². The zero-order valence-corrected chi connectivity index (χ0v) is 16.6. The first-order chi connectivity index (χ1) is 14.2. The van der Waals surface area contributed by atoms with Crippen LogP contribution in [0.25, 0.3) is 0 Å². The Morgan fingerprint density at radius 1 is 1.27 bits per heavy atom. The lowest BCUT2D eigenvalue weighted by Gasteiger charge is -2.36. The van der Waals surface area contributed by atoms with Gasteiger partial charge in [-0.05, 0) is 37.7 Å². The predicted molar refractivity (Wildman–Crippen MR) is 102 cm³/mol. The second-order valence-corrected chi connectivity index (χ2v) is 8.03. The quantitative estimate of drug-likeness (QED) is 0.763. The third kappa shape index (κ3) is 3.73. The molecule has 2 N–H and O–H groups in total. The van der Waals surface area contributed by atoms with Gasteiger partial charge in [-0.2, -0.15) is 18.3 Å². The van der Waals surface area contributed by atoms with Crippen molar-refractivity contribution >= 4 is 17.4 Å². The van der Waals surface area contributed by atoms with Crippen LogP contribution in [0.4, 0.5) is 24.7 Å². The lowest BCUT2D eigenvalue weighted by Crippen LogP contribution is -2.49. The number of halogens is 3. The Kier molecular flexibility index (Phi) is 5.16. The number of carbonyl (C=O) groups is 1. The van der Waals surface area contributed by atoms with E-state index in [9.17, 15) is 23.1 Å². The van der Waals surface area contributed by atoms with Gasteiger partial charge < -0.3 is 15.3 Å². The summed E-state index contributed by atoms with van der Waals surface area (Å²) in [5, 5.41) is 16.0. The molecule has 1 aliphatic carbocycles. The van der Waals surface area contributed by atoms with Crippen molar-refractivity contribution in [2.75, 3.05) is 23.9 Å². The van der Waals surface area contributed by atoms with Gasteiger partial charge in [0.1, 0.15) is 23.2 Å². The number of nitrogens with one attached hydrogen (secondary N) is 1. The fourth-order valence-corrected chi connectivity index (χ4v) is 4.25. The molecule has 4 rings (SSSR count). The van der Waals surface area contributed by atoms with Crippen LogP contribution in [-0.2, 0) is 23.9 Å². The standard InChI is InChI=1S/C19H23F3N6O2/c1-10-16-17(27(2)13(9-29)18(30)26-16)25-15(24-10)7-11-5-12(6-11)8-28-14(3-4-23-28)19(20,21)22/h3-4,11-13,29H,5-9H2,1-2H3,(H,26,30)/t11?,12?,13-/m0/s1. The van der Waals surface area contributed by atoms with Gasteiger partial charge in [-0.3, -0.25) is 9.48 Å². The van der Waals surface area contributed by atoms with Crippen molar-refractivity contribution in [3.05, 3.63) is 29.5 Å². The van der Waals surface area contributed by atoms with E-state index in [-0.39, 0.29) is 30.9 Å². The average molecular weight is 424 g/mol. The van der Waals surface area contributed by atoms with Crippen molar-refractivity contribution in [3.63, 3.8) is 0 Å². The molecule has 0 spiro atoms. The van der Waals surface area contributed by atoms with Gasteiger partial charge >= 0.3 is 6.18 Å². The minimum atomic E-state index is -4.40. The largest absolute Gasteiger partial charge is 0.433 e. The van der Waals surface area contributed by atoms with E-state index < -0.39 is 17.9 Å². The molecule has 8 nitrogen and oxygen atoms in total. The molecule has 1 fully saturated rings. The summed E-state index contributed by atoms with van der Waals surface area (Å²) >= 11 is 0. The van der Waals surface area contributed by atoms with Crippen LogP contribution in [0, 0.1) is 18.8 Å². The first-order valence-corrected chi connectivity index (χ1v) is 9.78. The van der Waals surface area contributed by atoms with E-state index in [1.165, 1.54) is 6.20 Å². The van der Waals surface area contributed by atoms with E-state index in [0.717, 1.165) is 23.6 Å². The van der Waals surface area contributed by atoms with Crippen molar-refractivity contribution in [2.24, 2.45) is 11.8 Å². The summed E-state index contributed by atoms with van der Waals surface area (Å²) in [5.41, 5.74) is 0.470. The molecule has 0 bridgehead atoms. The molecule has 11 heteroatoms. The molecule has 2 aromatic rings. The molecular weight excluding hydrogens is 401 g/mol. The summed E-state index contributed by atoms with van der Waals surface area (Å²) in [7, 11) is 1.70. The number of likely N-dealkylation sites (N-methyl/N-ethyl adjacent to an activating group) is 1. The number of aliphatic hydroxyl groups is 1. The molecule has 3 heterocycles. The third-order valence-electron chi connectivity index (χ3n) is 5.89. The molecule has 1 saturated carbocycles. The minimum absolute atomic E-state index is 0.135. The Bertz CT molecular complexity index is 954. The number of carbonyl (C=O) groups excluding carboxylic acids is 1. The van der Waals surface area contributed by atoms with E-state index in [2.05, 4.69) is 20.4 Å². The molecule has 0 unspecified atom stereocenters. The fraction of sp³-hybridized carbons (Fsp3) is 0.579. The SMILES string of the molecule is Cc1nc(CC2CC(Cn3nccc3C(F)(F)F)C2)nc2c1NC(=O)[C@H](CO)N2C. The van der Waals surface area contributed by atoms with Gasteiger partial charge in [0.05, 0.1) is 12.3 Å². The predicted octanol–water partition coefficient (Wildman–Crippen LogP) is 2.02. The van der Waals surface area contributed by atoms with Crippen LogP contribution >= 0.6 is 0 Å². The first kappa shape index (κ1) is 20.6. The summed E-state index contributed by atoms with van der Waals surface area (Å²) in [5.74, 6) is 1.32. The number of rotatable bonds is 5. The van der Waals surface area contributed by atoms with E-state index in [1.807, 2.05) is 0 Å². The molecule has 162 valence electrons.